The maximum absolute atomic E-state index is 12.2. The van der Waals surface area contributed by atoms with Gasteiger partial charge in [-0.2, -0.15) is 0 Å². The molecule has 1 unspecified atom stereocenters. The van der Waals surface area contributed by atoms with Gasteiger partial charge in [-0.05, 0) is 37.3 Å². The van der Waals surface area contributed by atoms with Crippen molar-refractivity contribution in [1.29, 1.82) is 0 Å². The molecular weight excluding hydrogens is 375 g/mol. The number of nitrogens with two attached hydrogens (primary N) is 1. The lowest BCUT2D eigenvalue weighted by atomic mass is 10.2. The second-order valence-electron chi connectivity index (χ2n) is 4.86. The van der Waals surface area contributed by atoms with Crippen molar-refractivity contribution in [1.82, 2.24) is 0 Å². The van der Waals surface area contributed by atoms with Crippen LogP contribution in [-0.2, 0) is 4.79 Å². The van der Waals surface area contributed by atoms with E-state index in [9.17, 15) is 9.59 Å². The van der Waals surface area contributed by atoms with Gasteiger partial charge in [0.15, 0.2) is 6.10 Å². The summed E-state index contributed by atoms with van der Waals surface area (Å²) in [6, 6.07) is 9.26. The summed E-state index contributed by atoms with van der Waals surface area (Å²) >= 11 is 17.9. The van der Waals surface area contributed by atoms with E-state index in [-0.39, 0.29) is 15.6 Å². The average molecular weight is 388 g/mol. The van der Waals surface area contributed by atoms with E-state index in [1.165, 1.54) is 18.2 Å². The van der Waals surface area contributed by atoms with Crippen LogP contribution in [0.15, 0.2) is 36.4 Å². The van der Waals surface area contributed by atoms with Crippen LogP contribution in [0.5, 0.6) is 5.75 Å². The van der Waals surface area contributed by atoms with E-state index in [2.05, 4.69) is 5.32 Å². The largest absolute Gasteiger partial charge is 0.479 e. The van der Waals surface area contributed by atoms with Gasteiger partial charge in [0.1, 0.15) is 10.8 Å². The molecule has 0 radical (unpaired) electrons. The molecule has 5 nitrogen and oxygen atoms in total. The van der Waals surface area contributed by atoms with E-state index in [0.717, 1.165) is 0 Å². The Morgan fingerprint density at radius 2 is 1.83 bits per heavy atom. The fourth-order valence-corrected chi connectivity index (χ4v) is 2.47. The van der Waals surface area contributed by atoms with Crippen LogP contribution in [0, 0.1) is 0 Å². The Bertz CT molecular complexity index is 796. The number of amides is 2. The highest BCUT2D eigenvalue weighted by molar-refractivity contribution is 6.42. The van der Waals surface area contributed by atoms with Crippen molar-refractivity contribution in [2.24, 2.45) is 5.73 Å². The molecule has 0 heterocycles. The molecule has 0 aliphatic rings. The molecular formula is C16H13Cl3N2O3. The Morgan fingerprint density at radius 1 is 1.12 bits per heavy atom. The van der Waals surface area contributed by atoms with Gasteiger partial charge in [0.05, 0.1) is 15.6 Å². The zero-order valence-electron chi connectivity index (χ0n) is 12.5. The van der Waals surface area contributed by atoms with Gasteiger partial charge in [-0.15, -0.1) is 0 Å². The van der Waals surface area contributed by atoms with Crippen LogP contribution in [0.1, 0.15) is 17.3 Å². The number of anilines is 1. The minimum Gasteiger partial charge on any atom is -0.479 e. The van der Waals surface area contributed by atoms with Crippen LogP contribution < -0.4 is 15.8 Å². The summed E-state index contributed by atoms with van der Waals surface area (Å²) in [5.41, 5.74) is 5.75. The van der Waals surface area contributed by atoms with Gasteiger partial charge >= 0.3 is 0 Å². The van der Waals surface area contributed by atoms with Gasteiger partial charge in [-0.1, -0.05) is 40.9 Å². The summed E-state index contributed by atoms with van der Waals surface area (Å²) in [6.07, 6.45) is -0.837. The van der Waals surface area contributed by atoms with E-state index >= 15 is 0 Å². The highest BCUT2D eigenvalue weighted by atomic mass is 35.5. The van der Waals surface area contributed by atoms with Crippen molar-refractivity contribution in [2.45, 2.75) is 13.0 Å². The van der Waals surface area contributed by atoms with Gasteiger partial charge in [0.2, 0.25) is 5.91 Å². The van der Waals surface area contributed by atoms with Crippen LogP contribution in [0.2, 0.25) is 15.1 Å². The van der Waals surface area contributed by atoms with Gasteiger partial charge in [-0.25, -0.2) is 0 Å². The molecule has 2 rings (SSSR count). The molecule has 0 aliphatic carbocycles. The Balaban J connectivity index is 2.08. The molecule has 0 spiro atoms. The molecule has 2 aromatic carbocycles. The summed E-state index contributed by atoms with van der Waals surface area (Å²) in [5.74, 6) is -0.770. The lowest BCUT2D eigenvalue weighted by Crippen LogP contribution is -2.30. The number of carbonyl (C=O) groups is 2. The summed E-state index contributed by atoms with van der Waals surface area (Å²) < 4.78 is 5.52. The molecule has 0 bridgehead atoms. The second kappa shape index (κ2) is 7.75. The summed E-state index contributed by atoms with van der Waals surface area (Å²) in [7, 11) is 0. The Kier molecular flexibility index (Phi) is 5.94. The molecule has 0 aliphatic heterocycles. The number of hydrogen-bond acceptors (Lipinski definition) is 3. The number of nitrogens with one attached hydrogen (secondary N) is 1. The first-order valence-electron chi connectivity index (χ1n) is 6.80. The molecule has 0 saturated carbocycles. The van der Waals surface area contributed by atoms with E-state index in [1.807, 2.05) is 0 Å². The highest BCUT2D eigenvalue weighted by Gasteiger charge is 2.18. The van der Waals surface area contributed by atoms with Crippen LogP contribution in [0.3, 0.4) is 0 Å². The Hall–Kier alpha value is -1.95. The predicted octanol–water partition coefficient (Wildman–Crippen LogP) is 4.15. The van der Waals surface area contributed by atoms with Crippen LogP contribution >= 0.6 is 34.8 Å². The zero-order chi connectivity index (χ0) is 17.9. The summed E-state index contributed by atoms with van der Waals surface area (Å²) in [6.45, 7) is 1.56. The number of benzene rings is 2. The van der Waals surface area contributed by atoms with Crippen LogP contribution in [0.4, 0.5) is 5.69 Å². The molecule has 126 valence electrons. The third-order valence-corrected chi connectivity index (χ3v) is 4.21. The Morgan fingerprint density at radius 3 is 2.46 bits per heavy atom. The van der Waals surface area contributed by atoms with E-state index < -0.39 is 17.9 Å². The quantitative estimate of drug-likeness (QED) is 0.808. The normalized spacial score (nSPS) is 11.7. The fraction of sp³-hybridized carbons (Fsp3) is 0.125. The highest BCUT2D eigenvalue weighted by Crippen LogP contribution is 2.32. The predicted molar refractivity (Wildman–Crippen MR) is 95.2 cm³/mol. The van der Waals surface area contributed by atoms with Crippen molar-refractivity contribution < 1.29 is 14.3 Å². The van der Waals surface area contributed by atoms with Crippen molar-refractivity contribution in [3.63, 3.8) is 0 Å². The van der Waals surface area contributed by atoms with Gasteiger partial charge in [-0.3, -0.25) is 9.59 Å². The first-order valence-corrected chi connectivity index (χ1v) is 7.94. The van der Waals surface area contributed by atoms with Gasteiger partial charge in [0.25, 0.3) is 5.91 Å². The van der Waals surface area contributed by atoms with E-state index in [0.29, 0.717) is 16.5 Å². The fourth-order valence-electron chi connectivity index (χ4n) is 1.86. The molecule has 0 fully saturated rings. The molecule has 2 amide bonds. The molecule has 0 saturated heterocycles. The maximum atomic E-state index is 12.2. The molecule has 3 N–H and O–H groups in total. The van der Waals surface area contributed by atoms with Crippen molar-refractivity contribution in [3.05, 3.63) is 57.0 Å². The number of primary amides is 1. The Labute approximate surface area is 153 Å². The van der Waals surface area contributed by atoms with Crippen LogP contribution in [0.25, 0.3) is 0 Å². The van der Waals surface area contributed by atoms with Gasteiger partial charge < -0.3 is 15.8 Å². The van der Waals surface area contributed by atoms with E-state index in [4.69, 9.17) is 45.3 Å². The summed E-state index contributed by atoms with van der Waals surface area (Å²) in [5, 5.41) is 3.33. The first-order chi connectivity index (χ1) is 11.3. The number of carbonyl (C=O) groups excluding carboxylic acids is 2. The average Bonchev–Trinajstić information content (AvgIpc) is 2.51. The molecule has 0 aromatic heterocycles. The zero-order valence-corrected chi connectivity index (χ0v) is 14.7. The topological polar surface area (TPSA) is 81.4 Å². The lowest BCUT2D eigenvalue weighted by molar-refractivity contribution is -0.122. The third kappa shape index (κ3) is 4.32. The molecule has 1 atom stereocenters. The van der Waals surface area contributed by atoms with Gasteiger partial charge in [0, 0.05) is 5.69 Å². The number of rotatable bonds is 5. The maximum Gasteiger partial charge on any atom is 0.265 e. The SMILES string of the molecule is CC(Oc1cccc(Cl)c1Cl)C(=O)Nc1ccc(C(N)=O)c(Cl)c1. The standard InChI is InChI=1S/C16H13Cl3N2O3/c1-8(24-13-4-2-3-11(17)14(13)19)16(23)21-9-5-6-10(15(20)22)12(18)7-9/h2-8H,1H3,(H2,20,22)(H,21,23). The van der Waals surface area contributed by atoms with Crippen LogP contribution in [-0.4, -0.2) is 17.9 Å². The minimum atomic E-state index is -0.837. The number of hydrogen-bond donors (Lipinski definition) is 2. The number of halogens is 3. The monoisotopic (exact) mass is 386 g/mol. The van der Waals surface area contributed by atoms with Crippen molar-refractivity contribution >= 4 is 52.3 Å². The first kappa shape index (κ1) is 18.4. The van der Waals surface area contributed by atoms with E-state index in [1.54, 1.807) is 25.1 Å². The molecule has 8 heteroatoms. The van der Waals surface area contributed by atoms with Crippen molar-refractivity contribution in [3.8, 4) is 5.75 Å². The van der Waals surface area contributed by atoms with Crippen molar-refractivity contribution in [2.75, 3.05) is 5.32 Å². The molecule has 24 heavy (non-hydrogen) atoms. The molecule has 2 aromatic rings. The lowest BCUT2D eigenvalue weighted by Gasteiger charge is -2.16. The smallest absolute Gasteiger partial charge is 0.265 e. The minimum absolute atomic E-state index is 0.145. The third-order valence-electron chi connectivity index (χ3n) is 3.09. The number of ether oxygens (including phenoxy) is 1. The second-order valence-corrected chi connectivity index (χ2v) is 6.05. The summed E-state index contributed by atoms with van der Waals surface area (Å²) in [4.78, 5) is 23.3.